The Bertz CT molecular complexity index is 1020. The summed E-state index contributed by atoms with van der Waals surface area (Å²) in [7, 11) is 0. The lowest BCUT2D eigenvalue weighted by molar-refractivity contribution is -0.126. The Morgan fingerprint density at radius 1 is 1.10 bits per heavy atom. The van der Waals surface area contributed by atoms with Gasteiger partial charge in [0, 0.05) is 17.0 Å². The van der Waals surface area contributed by atoms with Gasteiger partial charge in [0.2, 0.25) is 11.8 Å². The molecule has 2 aromatic carbocycles. The Kier molecular flexibility index (Phi) is 5.00. The van der Waals surface area contributed by atoms with Crippen molar-refractivity contribution in [3.8, 4) is 5.75 Å². The van der Waals surface area contributed by atoms with E-state index < -0.39 is 17.0 Å². The van der Waals surface area contributed by atoms with Crippen molar-refractivity contribution in [3.05, 3.63) is 53.6 Å². The van der Waals surface area contributed by atoms with Gasteiger partial charge < -0.3 is 15.0 Å². The Balaban J connectivity index is 1.49. The second kappa shape index (κ2) is 7.38. The number of carbonyl (C=O) groups excluding carboxylic acids is 2. The van der Waals surface area contributed by atoms with E-state index in [-0.39, 0.29) is 23.7 Å². The smallest absolute Gasteiger partial charge is 0.232 e. The van der Waals surface area contributed by atoms with Crippen LogP contribution in [-0.4, -0.2) is 25.0 Å². The second-order valence-electron chi connectivity index (χ2n) is 8.85. The highest BCUT2D eigenvalue weighted by molar-refractivity contribution is 6.00. The molecule has 1 heterocycles. The first kappa shape index (κ1) is 20.3. The summed E-state index contributed by atoms with van der Waals surface area (Å²) in [5, 5.41) is 2.88. The van der Waals surface area contributed by atoms with Crippen LogP contribution in [0.15, 0.2) is 36.4 Å². The van der Waals surface area contributed by atoms with Gasteiger partial charge in [0.15, 0.2) is 11.6 Å². The van der Waals surface area contributed by atoms with Gasteiger partial charge in [-0.15, -0.1) is 0 Å². The third kappa shape index (κ3) is 3.88. The molecule has 1 fully saturated rings. The van der Waals surface area contributed by atoms with Crippen molar-refractivity contribution in [1.29, 1.82) is 0 Å². The molecule has 2 atom stereocenters. The van der Waals surface area contributed by atoms with E-state index in [2.05, 4.69) is 5.32 Å². The van der Waals surface area contributed by atoms with Gasteiger partial charge in [-0.25, -0.2) is 8.78 Å². The van der Waals surface area contributed by atoms with E-state index in [1.807, 2.05) is 20.8 Å². The van der Waals surface area contributed by atoms with Crippen molar-refractivity contribution in [2.75, 3.05) is 23.4 Å². The molecule has 2 aliphatic rings. The van der Waals surface area contributed by atoms with Crippen LogP contribution >= 0.6 is 0 Å². The average Bonchev–Trinajstić information content (AvgIpc) is 3.49. The summed E-state index contributed by atoms with van der Waals surface area (Å²) < 4.78 is 32.3. The van der Waals surface area contributed by atoms with E-state index in [0.717, 1.165) is 12.1 Å². The number of amides is 2. The van der Waals surface area contributed by atoms with Crippen molar-refractivity contribution in [1.82, 2.24) is 0 Å². The van der Waals surface area contributed by atoms with Crippen molar-refractivity contribution in [3.63, 3.8) is 0 Å². The van der Waals surface area contributed by atoms with E-state index in [4.69, 9.17) is 4.74 Å². The zero-order valence-electron chi connectivity index (χ0n) is 17.2. The lowest BCUT2D eigenvalue weighted by Crippen LogP contribution is -2.44. The quantitative estimate of drug-likeness (QED) is 0.806. The third-order valence-corrected chi connectivity index (χ3v) is 5.48. The second-order valence-corrected chi connectivity index (χ2v) is 8.85. The van der Waals surface area contributed by atoms with E-state index in [1.54, 1.807) is 23.1 Å². The average molecular weight is 414 g/mol. The molecule has 1 saturated carbocycles. The van der Waals surface area contributed by atoms with Crippen LogP contribution in [0.3, 0.4) is 0 Å². The lowest BCUT2D eigenvalue weighted by Gasteiger charge is -2.34. The minimum absolute atomic E-state index is 0.0175. The molecule has 2 aromatic rings. The van der Waals surface area contributed by atoms with Gasteiger partial charge in [-0.1, -0.05) is 26.8 Å². The van der Waals surface area contributed by atoms with Gasteiger partial charge in [-0.2, -0.15) is 0 Å². The summed E-state index contributed by atoms with van der Waals surface area (Å²) in [6.45, 7) is 6.45. The fourth-order valence-corrected chi connectivity index (χ4v) is 3.74. The lowest BCUT2D eigenvalue weighted by atomic mass is 9.94. The fourth-order valence-electron chi connectivity index (χ4n) is 3.74. The standard InChI is InChI=1S/C23H24F2N2O3/c1-23(2,3)22(29)27-8-9-30-20-7-5-14(11-19(20)27)26-21(28)16-12-15(16)13-4-6-17(24)18(25)10-13/h4-7,10-11,15-16H,8-9,12H2,1-3H3,(H,26,28). The molecule has 0 spiro atoms. The summed E-state index contributed by atoms with van der Waals surface area (Å²) in [4.78, 5) is 27.2. The number of halogens is 2. The summed E-state index contributed by atoms with van der Waals surface area (Å²) in [6, 6.07) is 8.97. The zero-order valence-corrected chi connectivity index (χ0v) is 17.2. The molecule has 1 aliphatic carbocycles. The number of nitrogens with one attached hydrogen (secondary N) is 1. The van der Waals surface area contributed by atoms with Crippen LogP contribution in [0.4, 0.5) is 20.2 Å². The highest BCUT2D eigenvalue weighted by Gasteiger charge is 2.44. The van der Waals surface area contributed by atoms with Crippen molar-refractivity contribution in [2.24, 2.45) is 11.3 Å². The number of anilines is 2. The predicted molar refractivity (Wildman–Crippen MR) is 110 cm³/mol. The molecule has 158 valence electrons. The maximum atomic E-state index is 13.5. The molecule has 4 rings (SSSR count). The van der Waals surface area contributed by atoms with Gasteiger partial charge >= 0.3 is 0 Å². The first-order valence-electron chi connectivity index (χ1n) is 10.00. The Morgan fingerprint density at radius 2 is 1.87 bits per heavy atom. The molecule has 5 nitrogen and oxygen atoms in total. The molecule has 1 aliphatic heterocycles. The molecule has 2 amide bonds. The molecular weight excluding hydrogens is 390 g/mol. The molecule has 0 radical (unpaired) electrons. The summed E-state index contributed by atoms with van der Waals surface area (Å²) in [5.41, 5.74) is 1.27. The van der Waals surface area contributed by atoms with Crippen molar-refractivity contribution < 1.29 is 23.1 Å². The van der Waals surface area contributed by atoms with Gasteiger partial charge in [0.25, 0.3) is 0 Å². The molecule has 1 N–H and O–H groups in total. The van der Waals surface area contributed by atoms with Crippen LogP contribution in [0, 0.1) is 23.0 Å². The van der Waals surface area contributed by atoms with Crippen LogP contribution in [-0.2, 0) is 9.59 Å². The van der Waals surface area contributed by atoms with Crippen LogP contribution in [0.25, 0.3) is 0 Å². The van der Waals surface area contributed by atoms with Gasteiger partial charge in [0.05, 0.1) is 12.2 Å². The number of hydrogen-bond donors (Lipinski definition) is 1. The maximum Gasteiger partial charge on any atom is 0.232 e. The number of ether oxygens (including phenoxy) is 1. The summed E-state index contributed by atoms with van der Waals surface area (Å²) in [5.74, 6) is -1.83. The van der Waals surface area contributed by atoms with E-state index in [9.17, 15) is 18.4 Å². The normalized spacial score (nSPS) is 20.2. The monoisotopic (exact) mass is 414 g/mol. The van der Waals surface area contributed by atoms with Gasteiger partial charge in [-0.05, 0) is 48.2 Å². The van der Waals surface area contributed by atoms with Gasteiger partial charge in [-0.3, -0.25) is 9.59 Å². The Labute approximate surface area is 174 Å². The number of fused-ring (bicyclic) bond motifs is 1. The minimum atomic E-state index is -0.906. The Morgan fingerprint density at radius 3 is 2.57 bits per heavy atom. The topological polar surface area (TPSA) is 58.6 Å². The fraction of sp³-hybridized carbons (Fsp3) is 0.391. The van der Waals surface area contributed by atoms with Crippen molar-refractivity contribution in [2.45, 2.75) is 33.1 Å². The van der Waals surface area contributed by atoms with Crippen LogP contribution < -0.4 is 15.0 Å². The molecule has 0 saturated heterocycles. The zero-order chi connectivity index (χ0) is 21.6. The first-order chi connectivity index (χ1) is 14.1. The largest absolute Gasteiger partial charge is 0.490 e. The minimum Gasteiger partial charge on any atom is -0.490 e. The van der Waals surface area contributed by atoms with Crippen LogP contribution in [0.1, 0.15) is 38.7 Å². The van der Waals surface area contributed by atoms with Gasteiger partial charge in [0.1, 0.15) is 12.4 Å². The summed E-state index contributed by atoms with van der Waals surface area (Å²) >= 11 is 0. The predicted octanol–water partition coefficient (Wildman–Crippen LogP) is 4.48. The Hall–Kier alpha value is -2.96. The number of carbonyl (C=O) groups is 2. The number of hydrogen-bond acceptors (Lipinski definition) is 3. The van der Waals surface area contributed by atoms with Crippen LogP contribution in [0.5, 0.6) is 5.75 Å². The first-order valence-corrected chi connectivity index (χ1v) is 10.00. The molecule has 30 heavy (non-hydrogen) atoms. The molecule has 0 aromatic heterocycles. The number of benzene rings is 2. The number of nitrogens with zero attached hydrogens (tertiary/aromatic N) is 1. The molecule has 0 bridgehead atoms. The number of rotatable bonds is 3. The third-order valence-electron chi connectivity index (χ3n) is 5.48. The van der Waals surface area contributed by atoms with E-state index in [1.165, 1.54) is 6.07 Å². The van der Waals surface area contributed by atoms with E-state index >= 15 is 0 Å². The molecular formula is C23H24F2N2O3. The SMILES string of the molecule is CC(C)(C)C(=O)N1CCOc2ccc(NC(=O)C3CC3c3ccc(F)c(F)c3)cc21. The highest BCUT2D eigenvalue weighted by atomic mass is 19.2. The van der Waals surface area contributed by atoms with Crippen LogP contribution in [0.2, 0.25) is 0 Å². The van der Waals surface area contributed by atoms with Crippen molar-refractivity contribution >= 4 is 23.2 Å². The summed E-state index contributed by atoms with van der Waals surface area (Å²) in [6.07, 6.45) is 0.583. The van der Waals surface area contributed by atoms with E-state index in [0.29, 0.717) is 42.3 Å². The maximum absolute atomic E-state index is 13.5. The highest BCUT2D eigenvalue weighted by Crippen LogP contribution is 2.48. The molecule has 7 heteroatoms. The molecule has 2 unspecified atom stereocenters.